The summed E-state index contributed by atoms with van der Waals surface area (Å²) in [5.74, 6) is -0.200. The SMILES string of the molecule is CC1CCN(c2nc(C(F)(F)F)ccc2C(=N)N)C1CO. The maximum Gasteiger partial charge on any atom is 0.433 e. The van der Waals surface area contributed by atoms with E-state index in [0.717, 1.165) is 18.6 Å². The number of nitrogens with one attached hydrogen (secondary N) is 1. The number of pyridine rings is 1. The minimum Gasteiger partial charge on any atom is -0.394 e. The lowest BCUT2D eigenvalue weighted by atomic mass is 10.0. The van der Waals surface area contributed by atoms with Crippen molar-refractivity contribution < 1.29 is 18.3 Å². The Labute approximate surface area is 120 Å². The van der Waals surface area contributed by atoms with Crippen molar-refractivity contribution in [2.24, 2.45) is 11.7 Å². The van der Waals surface area contributed by atoms with Crippen molar-refractivity contribution in [1.29, 1.82) is 5.41 Å². The summed E-state index contributed by atoms with van der Waals surface area (Å²) in [6.45, 7) is 2.21. The molecule has 0 saturated carbocycles. The monoisotopic (exact) mass is 302 g/mol. The molecule has 2 unspecified atom stereocenters. The third kappa shape index (κ3) is 2.94. The second-order valence-electron chi connectivity index (χ2n) is 5.19. The Morgan fingerprint density at radius 3 is 2.71 bits per heavy atom. The zero-order valence-electron chi connectivity index (χ0n) is 11.5. The average molecular weight is 302 g/mol. The first-order valence-corrected chi connectivity index (χ1v) is 6.55. The predicted octanol–water partition coefficient (Wildman–Crippen LogP) is 1.59. The summed E-state index contributed by atoms with van der Waals surface area (Å²) in [6, 6.07) is 1.65. The summed E-state index contributed by atoms with van der Waals surface area (Å²) in [5, 5.41) is 17.0. The van der Waals surface area contributed by atoms with Crippen LogP contribution in [0.3, 0.4) is 0 Å². The molecule has 8 heteroatoms. The Morgan fingerprint density at radius 1 is 1.52 bits per heavy atom. The molecule has 2 rings (SSSR count). The highest BCUT2D eigenvalue weighted by Crippen LogP contribution is 2.34. The minimum absolute atomic E-state index is 0.0146. The lowest BCUT2D eigenvalue weighted by molar-refractivity contribution is -0.141. The van der Waals surface area contributed by atoms with Crippen molar-refractivity contribution in [3.63, 3.8) is 0 Å². The van der Waals surface area contributed by atoms with Crippen molar-refractivity contribution in [1.82, 2.24) is 4.98 Å². The number of alkyl halides is 3. The van der Waals surface area contributed by atoms with E-state index >= 15 is 0 Å². The minimum atomic E-state index is -4.57. The van der Waals surface area contributed by atoms with Crippen LogP contribution in [0, 0.1) is 11.3 Å². The number of hydrogen-bond acceptors (Lipinski definition) is 4. The van der Waals surface area contributed by atoms with E-state index in [9.17, 15) is 18.3 Å². The summed E-state index contributed by atoms with van der Waals surface area (Å²) < 4.78 is 38.5. The average Bonchev–Trinajstić information content (AvgIpc) is 2.77. The standard InChI is InChI=1S/C13H17F3N4O/c1-7-4-5-20(9(7)6-21)12-8(11(17)18)2-3-10(19-12)13(14,15)16/h2-3,7,9,21H,4-6H2,1H3,(H3,17,18). The molecule has 1 aromatic heterocycles. The van der Waals surface area contributed by atoms with E-state index in [0.29, 0.717) is 6.54 Å². The highest BCUT2D eigenvalue weighted by Gasteiger charge is 2.37. The number of anilines is 1. The van der Waals surface area contributed by atoms with Gasteiger partial charge in [-0.15, -0.1) is 0 Å². The van der Waals surface area contributed by atoms with Gasteiger partial charge in [0, 0.05) is 6.54 Å². The molecule has 1 saturated heterocycles. The molecule has 1 aromatic rings. The Morgan fingerprint density at radius 2 is 2.19 bits per heavy atom. The third-order valence-corrected chi connectivity index (χ3v) is 3.80. The number of nitrogen functional groups attached to an aromatic ring is 1. The van der Waals surface area contributed by atoms with Crippen molar-refractivity contribution in [3.8, 4) is 0 Å². The smallest absolute Gasteiger partial charge is 0.394 e. The highest BCUT2D eigenvalue weighted by molar-refractivity contribution is 5.99. The number of hydrogen-bond donors (Lipinski definition) is 3. The second kappa shape index (κ2) is 5.51. The van der Waals surface area contributed by atoms with Crippen LogP contribution in [0.15, 0.2) is 12.1 Å². The molecule has 1 aliphatic heterocycles. The maximum absolute atomic E-state index is 12.8. The fourth-order valence-corrected chi connectivity index (χ4v) is 2.59. The number of rotatable bonds is 3. The fraction of sp³-hybridized carbons (Fsp3) is 0.538. The molecule has 0 aromatic carbocycles. The van der Waals surface area contributed by atoms with Crippen molar-refractivity contribution in [3.05, 3.63) is 23.4 Å². The van der Waals surface area contributed by atoms with Crippen LogP contribution in [0.25, 0.3) is 0 Å². The van der Waals surface area contributed by atoms with Crippen molar-refractivity contribution in [2.75, 3.05) is 18.1 Å². The van der Waals surface area contributed by atoms with Gasteiger partial charge in [-0.2, -0.15) is 13.2 Å². The molecule has 1 aliphatic rings. The quantitative estimate of drug-likeness (QED) is 0.584. The Bertz CT molecular complexity index is 547. The largest absolute Gasteiger partial charge is 0.433 e. The molecule has 0 radical (unpaired) electrons. The number of nitrogens with two attached hydrogens (primary N) is 1. The summed E-state index contributed by atoms with van der Waals surface area (Å²) in [5.41, 5.74) is 4.56. The molecule has 116 valence electrons. The van der Waals surface area contributed by atoms with E-state index in [4.69, 9.17) is 11.1 Å². The van der Waals surface area contributed by atoms with E-state index in [-0.39, 0.29) is 35.8 Å². The van der Waals surface area contributed by atoms with E-state index in [1.54, 1.807) is 4.90 Å². The molecule has 2 heterocycles. The zero-order chi connectivity index (χ0) is 15.8. The molecular formula is C13H17F3N4O. The van der Waals surface area contributed by atoms with Crippen molar-refractivity contribution >= 4 is 11.7 Å². The van der Waals surface area contributed by atoms with Crippen LogP contribution in [0.5, 0.6) is 0 Å². The normalized spacial score (nSPS) is 22.6. The number of aliphatic hydroxyl groups excluding tert-OH is 1. The molecule has 2 atom stereocenters. The number of amidine groups is 1. The Balaban J connectivity index is 2.51. The van der Waals surface area contributed by atoms with Gasteiger partial charge in [0.15, 0.2) is 0 Å². The first-order valence-electron chi connectivity index (χ1n) is 6.55. The number of aromatic nitrogens is 1. The van der Waals surface area contributed by atoms with Gasteiger partial charge in [-0.05, 0) is 24.5 Å². The van der Waals surface area contributed by atoms with Crippen LogP contribution in [0.4, 0.5) is 19.0 Å². The van der Waals surface area contributed by atoms with E-state index in [2.05, 4.69) is 4.98 Å². The third-order valence-electron chi connectivity index (χ3n) is 3.80. The van der Waals surface area contributed by atoms with Gasteiger partial charge in [0.25, 0.3) is 0 Å². The maximum atomic E-state index is 12.8. The molecule has 0 amide bonds. The number of aliphatic hydroxyl groups is 1. The molecule has 4 N–H and O–H groups in total. The van der Waals surface area contributed by atoms with Gasteiger partial charge >= 0.3 is 6.18 Å². The number of halogens is 3. The van der Waals surface area contributed by atoms with Crippen LogP contribution < -0.4 is 10.6 Å². The van der Waals surface area contributed by atoms with Crippen LogP contribution >= 0.6 is 0 Å². The highest BCUT2D eigenvalue weighted by atomic mass is 19.4. The van der Waals surface area contributed by atoms with Gasteiger partial charge < -0.3 is 15.7 Å². The van der Waals surface area contributed by atoms with Crippen LogP contribution in [0.2, 0.25) is 0 Å². The zero-order valence-corrected chi connectivity index (χ0v) is 11.5. The fourth-order valence-electron chi connectivity index (χ4n) is 2.59. The summed E-state index contributed by atoms with van der Waals surface area (Å²) in [4.78, 5) is 5.26. The molecule has 0 bridgehead atoms. The summed E-state index contributed by atoms with van der Waals surface area (Å²) in [6.07, 6.45) is -3.83. The van der Waals surface area contributed by atoms with Gasteiger partial charge in [0.2, 0.25) is 0 Å². The van der Waals surface area contributed by atoms with Gasteiger partial charge in [-0.1, -0.05) is 6.92 Å². The van der Waals surface area contributed by atoms with Crippen LogP contribution in [-0.4, -0.2) is 35.1 Å². The van der Waals surface area contributed by atoms with Crippen LogP contribution in [0.1, 0.15) is 24.6 Å². The van der Waals surface area contributed by atoms with Gasteiger partial charge in [-0.25, -0.2) is 4.98 Å². The lowest BCUT2D eigenvalue weighted by Gasteiger charge is -2.28. The summed E-state index contributed by atoms with van der Waals surface area (Å²) in [7, 11) is 0. The van der Waals surface area contributed by atoms with Gasteiger partial charge in [0.1, 0.15) is 17.3 Å². The molecule has 5 nitrogen and oxygen atoms in total. The second-order valence-corrected chi connectivity index (χ2v) is 5.19. The Kier molecular flexibility index (Phi) is 4.08. The molecule has 1 fully saturated rings. The predicted molar refractivity (Wildman–Crippen MR) is 72.3 cm³/mol. The van der Waals surface area contributed by atoms with Gasteiger partial charge in [0.05, 0.1) is 18.2 Å². The van der Waals surface area contributed by atoms with Crippen LogP contribution in [-0.2, 0) is 6.18 Å². The van der Waals surface area contributed by atoms with Gasteiger partial charge in [-0.3, -0.25) is 5.41 Å². The lowest BCUT2D eigenvalue weighted by Crippen LogP contribution is -2.37. The first kappa shape index (κ1) is 15.6. The van der Waals surface area contributed by atoms with E-state index in [1.807, 2.05) is 6.92 Å². The molecule has 0 spiro atoms. The summed E-state index contributed by atoms with van der Waals surface area (Å²) >= 11 is 0. The number of nitrogens with zero attached hydrogens (tertiary/aromatic N) is 2. The molecule has 0 aliphatic carbocycles. The van der Waals surface area contributed by atoms with Crippen molar-refractivity contribution in [2.45, 2.75) is 25.6 Å². The molecular weight excluding hydrogens is 285 g/mol. The first-order chi connectivity index (χ1) is 9.75. The van der Waals surface area contributed by atoms with E-state index < -0.39 is 11.9 Å². The molecule has 21 heavy (non-hydrogen) atoms. The van der Waals surface area contributed by atoms with E-state index in [1.165, 1.54) is 0 Å². The topological polar surface area (TPSA) is 86.2 Å². The Hall–Kier alpha value is -1.83.